The van der Waals surface area contributed by atoms with Crippen LogP contribution in [-0.4, -0.2) is 21.6 Å². The monoisotopic (exact) mass is 424 g/mol. The number of fused-ring (bicyclic) bond motifs is 2. The Balaban J connectivity index is 1.61. The summed E-state index contributed by atoms with van der Waals surface area (Å²) in [4.78, 5) is 37.7. The van der Waals surface area contributed by atoms with E-state index in [0.29, 0.717) is 38.9 Å². The molecule has 0 bridgehead atoms. The van der Waals surface area contributed by atoms with Crippen LogP contribution in [0.5, 0.6) is 0 Å². The fourth-order valence-electron chi connectivity index (χ4n) is 3.26. The molecule has 0 aliphatic rings. The molecule has 2 heterocycles. The van der Waals surface area contributed by atoms with Gasteiger partial charge in [-0.1, -0.05) is 29.8 Å². The van der Waals surface area contributed by atoms with Crippen molar-refractivity contribution in [1.29, 1.82) is 0 Å². The van der Waals surface area contributed by atoms with Gasteiger partial charge < -0.3 is 4.42 Å². The molecular weight excluding hydrogens is 408 g/mol. The Labute approximate surface area is 175 Å². The van der Waals surface area contributed by atoms with Crippen LogP contribution in [0.15, 0.2) is 51.7 Å². The smallest absolute Gasteiger partial charge is 0.305 e. The summed E-state index contributed by atoms with van der Waals surface area (Å²) in [5.41, 5.74) is 5.53. The van der Waals surface area contributed by atoms with E-state index in [1.54, 1.807) is 56.3 Å². The molecule has 30 heavy (non-hydrogen) atoms. The van der Waals surface area contributed by atoms with Gasteiger partial charge >= 0.3 is 5.91 Å². The summed E-state index contributed by atoms with van der Waals surface area (Å²) in [5, 5.41) is 6.14. The Morgan fingerprint density at radius 1 is 1.07 bits per heavy atom. The Morgan fingerprint density at radius 2 is 1.77 bits per heavy atom. The second-order valence-corrected chi connectivity index (χ2v) is 7.06. The van der Waals surface area contributed by atoms with E-state index in [1.807, 2.05) is 0 Å². The Kier molecular flexibility index (Phi) is 5.01. The van der Waals surface area contributed by atoms with Gasteiger partial charge in [0.1, 0.15) is 5.58 Å². The number of furan rings is 1. The molecule has 0 aliphatic carbocycles. The van der Waals surface area contributed by atoms with Gasteiger partial charge in [-0.3, -0.25) is 25.2 Å². The van der Waals surface area contributed by atoms with Gasteiger partial charge in [0.25, 0.3) is 11.5 Å². The Morgan fingerprint density at radius 3 is 2.50 bits per heavy atom. The minimum Gasteiger partial charge on any atom is -0.451 e. The van der Waals surface area contributed by atoms with E-state index in [2.05, 4.69) is 16.0 Å². The van der Waals surface area contributed by atoms with Gasteiger partial charge in [0, 0.05) is 27.9 Å². The number of hydrogen-bond acceptors (Lipinski definition) is 5. The van der Waals surface area contributed by atoms with Gasteiger partial charge in [-0.05, 0) is 38.1 Å². The number of aryl methyl sites for hydroxylation is 2. The van der Waals surface area contributed by atoms with E-state index < -0.39 is 11.8 Å². The molecule has 0 saturated carbocycles. The molecule has 2 aromatic carbocycles. The van der Waals surface area contributed by atoms with Crippen molar-refractivity contribution in [3.63, 3.8) is 0 Å². The van der Waals surface area contributed by atoms with Crippen molar-refractivity contribution in [2.75, 3.05) is 0 Å². The lowest BCUT2D eigenvalue weighted by molar-refractivity contribution is 0.0829. The second-order valence-electron chi connectivity index (χ2n) is 6.62. The van der Waals surface area contributed by atoms with Gasteiger partial charge in [-0.2, -0.15) is 5.10 Å². The van der Waals surface area contributed by atoms with E-state index in [0.717, 1.165) is 0 Å². The van der Waals surface area contributed by atoms with E-state index >= 15 is 0 Å². The molecule has 0 radical (unpaired) electrons. The predicted octanol–water partition coefficient (Wildman–Crippen LogP) is 3.20. The summed E-state index contributed by atoms with van der Waals surface area (Å²) in [6.07, 6.45) is 0. The number of benzene rings is 2. The van der Waals surface area contributed by atoms with Crippen molar-refractivity contribution < 1.29 is 14.0 Å². The molecule has 2 N–H and O–H groups in total. The van der Waals surface area contributed by atoms with E-state index in [-0.39, 0.29) is 17.0 Å². The van der Waals surface area contributed by atoms with E-state index in [9.17, 15) is 14.4 Å². The summed E-state index contributed by atoms with van der Waals surface area (Å²) in [5.74, 6) is -1.22. The number of halogens is 1. The Hall–Kier alpha value is -3.65. The highest BCUT2D eigenvalue weighted by molar-refractivity contribution is 6.31. The molecule has 0 spiro atoms. The average molecular weight is 425 g/mol. The number of rotatable bonds is 3. The van der Waals surface area contributed by atoms with Gasteiger partial charge in [-0.25, -0.2) is 4.68 Å². The first-order chi connectivity index (χ1) is 14.4. The summed E-state index contributed by atoms with van der Waals surface area (Å²) in [6, 6.07) is 11.7. The molecule has 0 saturated heterocycles. The number of aromatic nitrogens is 2. The van der Waals surface area contributed by atoms with Crippen molar-refractivity contribution in [3.8, 4) is 0 Å². The zero-order valence-electron chi connectivity index (χ0n) is 16.2. The largest absolute Gasteiger partial charge is 0.451 e. The molecule has 0 fully saturated rings. The number of nitrogens with one attached hydrogen (secondary N) is 2. The molecule has 152 valence electrons. The zero-order valence-corrected chi connectivity index (χ0v) is 16.9. The van der Waals surface area contributed by atoms with E-state index in [4.69, 9.17) is 16.0 Å². The molecule has 2 aromatic heterocycles. The van der Waals surface area contributed by atoms with Crippen LogP contribution < -0.4 is 16.4 Å². The first-order valence-corrected chi connectivity index (χ1v) is 9.57. The van der Waals surface area contributed by atoms with Crippen molar-refractivity contribution >= 4 is 45.2 Å². The average Bonchev–Trinajstić information content (AvgIpc) is 3.08. The van der Waals surface area contributed by atoms with Crippen LogP contribution in [0.3, 0.4) is 0 Å². The number of hydrogen-bond donors (Lipinski definition) is 2. The normalized spacial score (nSPS) is 11.0. The third-order valence-corrected chi connectivity index (χ3v) is 5.01. The van der Waals surface area contributed by atoms with Crippen LogP contribution in [0.4, 0.5) is 0 Å². The topological polar surface area (TPSA) is 106 Å². The van der Waals surface area contributed by atoms with Crippen molar-refractivity contribution in [2.24, 2.45) is 0 Å². The summed E-state index contributed by atoms with van der Waals surface area (Å²) >= 11 is 6.00. The molecule has 4 aromatic rings. The number of carbonyl (C=O) groups is 2. The second kappa shape index (κ2) is 7.64. The third kappa shape index (κ3) is 3.31. The van der Waals surface area contributed by atoms with Crippen LogP contribution in [0.2, 0.25) is 5.02 Å². The van der Waals surface area contributed by atoms with Crippen LogP contribution in [-0.2, 0) is 6.54 Å². The Bertz CT molecular complexity index is 1370. The van der Waals surface area contributed by atoms with Crippen LogP contribution in [0.25, 0.3) is 21.7 Å². The molecule has 0 atom stereocenters. The lowest BCUT2D eigenvalue weighted by atomic mass is 10.1. The quantitative estimate of drug-likeness (QED) is 0.491. The predicted molar refractivity (Wildman–Crippen MR) is 113 cm³/mol. The number of nitrogens with zero attached hydrogens (tertiary/aromatic N) is 2. The lowest BCUT2D eigenvalue weighted by Crippen LogP contribution is -2.42. The maximum Gasteiger partial charge on any atom is 0.305 e. The summed E-state index contributed by atoms with van der Waals surface area (Å²) < 4.78 is 6.79. The maximum atomic E-state index is 12.7. The molecule has 8 nitrogen and oxygen atoms in total. The van der Waals surface area contributed by atoms with Gasteiger partial charge in [0.05, 0.1) is 5.39 Å². The maximum absolute atomic E-state index is 12.7. The molecule has 9 heteroatoms. The summed E-state index contributed by atoms with van der Waals surface area (Å²) in [6.45, 7) is 3.78. The highest BCUT2D eigenvalue weighted by Crippen LogP contribution is 2.27. The molecule has 2 amide bonds. The lowest BCUT2D eigenvalue weighted by Gasteiger charge is -2.10. The number of hydrazine groups is 1. The zero-order chi connectivity index (χ0) is 21.4. The van der Waals surface area contributed by atoms with Crippen LogP contribution in [0.1, 0.15) is 33.5 Å². The van der Waals surface area contributed by atoms with Crippen molar-refractivity contribution in [3.05, 3.63) is 74.9 Å². The standard InChI is InChI=1S/C21H17ClN4O4/c1-3-26-21(29)14-7-5-4-6-13(14)17(25-26)19(27)23-24-20(28)18-11(2)15-10-12(22)8-9-16(15)30-18/h4-10H,3H2,1-2H3,(H,23,27)(H,24,28). The van der Waals surface area contributed by atoms with Crippen molar-refractivity contribution in [1.82, 2.24) is 20.6 Å². The molecule has 4 rings (SSSR count). The molecular formula is C21H17ClN4O4. The first kappa shape index (κ1) is 19.7. The van der Waals surface area contributed by atoms with Gasteiger partial charge in [-0.15, -0.1) is 0 Å². The summed E-state index contributed by atoms with van der Waals surface area (Å²) in [7, 11) is 0. The minimum absolute atomic E-state index is 0.0282. The van der Waals surface area contributed by atoms with Gasteiger partial charge in [0.2, 0.25) is 0 Å². The van der Waals surface area contributed by atoms with Crippen LogP contribution >= 0.6 is 11.6 Å². The minimum atomic E-state index is -0.654. The number of carbonyl (C=O) groups excluding carboxylic acids is 2. The first-order valence-electron chi connectivity index (χ1n) is 9.20. The van der Waals surface area contributed by atoms with Gasteiger partial charge in [0.15, 0.2) is 11.5 Å². The fourth-order valence-corrected chi connectivity index (χ4v) is 3.43. The third-order valence-electron chi connectivity index (χ3n) is 4.78. The fraction of sp³-hybridized carbons (Fsp3) is 0.143. The highest BCUT2D eigenvalue weighted by atomic mass is 35.5. The molecule has 0 aliphatic heterocycles. The van der Waals surface area contributed by atoms with Crippen molar-refractivity contribution in [2.45, 2.75) is 20.4 Å². The highest BCUT2D eigenvalue weighted by Gasteiger charge is 2.20. The number of amides is 2. The molecule has 0 unspecified atom stereocenters. The van der Waals surface area contributed by atoms with E-state index in [1.165, 1.54) is 4.68 Å². The van der Waals surface area contributed by atoms with Crippen LogP contribution in [0, 0.1) is 6.92 Å². The SMILES string of the molecule is CCn1nc(C(=O)NNC(=O)c2oc3ccc(Cl)cc3c2C)c2ccccc2c1=O.